The number of aliphatic hydroxyl groups excluding tert-OH is 2. The standard InChI is InChI=1S/C9H14N2O2S/c12-5-9(13)6-14-4-2-8-1-3-10-7-11-8/h1,3,7,9,12-13H,2,4-6H2. The fourth-order valence-electron chi connectivity index (χ4n) is 0.915. The molecule has 1 aromatic rings. The maximum atomic E-state index is 9.06. The minimum atomic E-state index is -0.606. The Kier molecular flexibility index (Phi) is 5.51. The van der Waals surface area contributed by atoms with Crippen LogP contribution >= 0.6 is 11.8 Å². The van der Waals surface area contributed by atoms with Gasteiger partial charge < -0.3 is 10.2 Å². The molecule has 0 saturated heterocycles. The molecule has 0 bridgehead atoms. The van der Waals surface area contributed by atoms with Gasteiger partial charge in [0.25, 0.3) is 0 Å². The number of aromatic nitrogens is 2. The Morgan fingerprint density at radius 2 is 2.36 bits per heavy atom. The fourth-order valence-corrected chi connectivity index (χ4v) is 1.81. The second kappa shape index (κ2) is 6.75. The minimum Gasteiger partial charge on any atom is -0.394 e. The zero-order valence-corrected chi connectivity index (χ0v) is 8.65. The van der Waals surface area contributed by atoms with Crippen LogP contribution in [0.3, 0.4) is 0 Å². The van der Waals surface area contributed by atoms with E-state index in [4.69, 9.17) is 10.2 Å². The molecule has 1 heterocycles. The summed E-state index contributed by atoms with van der Waals surface area (Å²) in [5.41, 5.74) is 1.01. The maximum Gasteiger partial charge on any atom is 0.115 e. The topological polar surface area (TPSA) is 66.2 Å². The number of hydrogen-bond acceptors (Lipinski definition) is 5. The molecule has 5 heteroatoms. The van der Waals surface area contributed by atoms with Gasteiger partial charge in [0.15, 0.2) is 0 Å². The highest BCUT2D eigenvalue weighted by atomic mass is 32.2. The van der Waals surface area contributed by atoms with E-state index in [2.05, 4.69) is 9.97 Å². The average molecular weight is 214 g/mol. The quantitative estimate of drug-likeness (QED) is 0.658. The highest BCUT2D eigenvalue weighted by Gasteiger charge is 2.01. The first-order chi connectivity index (χ1) is 6.83. The molecule has 1 unspecified atom stereocenters. The summed E-state index contributed by atoms with van der Waals surface area (Å²) in [4.78, 5) is 7.90. The first kappa shape index (κ1) is 11.4. The zero-order chi connectivity index (χ0) is 10.2. The van der Waals surface area contributed by atoms with E-state index >= 15 is 0 Å². The summed E-state index contributed by atoms with van der Waals surface area (Å²) >= 11 is 1.61. The van der Waals surface area contributed by atoms with Crippen LogP contribution in [-0.4, -0.2) is 44.4 Å². The molecule has 0 aromatic carbocycles. The zero-order valence-electron chi connectivity index (χ0n) is 7.83. The molecule has 1 rings (SSSR count). The van der Waals surface area contributed by atoms with Crippen LogP contribution in [0.15, 0.2) is 18.6 Å². The maximum absolute atomic E-state index is 9.06. The molecule has 0 saturated carbocycles. The molecular weight excluding hydrogens is 200 g/mol. The summed E-state index contributed by atoms with van der Waals surface area (Å²) in [6.45, 7) is -0.166. The molecule has 1 aromatic heterocycles. The number of hydrogen-bond donors (Lipinski definition) is 2. The third-order valence-electron chi connectivity index (χ3n) is 1.67. The summed E-state index contributed by atoms with van der Waals surface area (Å²) < 4.78 is 0. The Balaban J connectivity index is 2.10. The van der Waals surface area contributed by atoms with E-state index in [1.165, 1.54) is 6.33 Å². The van der Waals surface area contributed by atoms with Crippen molar-refractivity contribution in [1.29, 1.82) is 0 Å². The lowest BCUT2D eigenvalue weighted by molar-refractivity contribution is 0.113. The van der Waals surface area contributed by atoms with Crippen LogP contribution in [0.5, 0.6) is 0 Å². The number of rotatable bonds is 6. The molecular formula is C9H14N2O2S. The second-order valence-electron chi connectivity index (χ2n) is 2.86. The minimum absolute atomic E-state index is 0.166. The summed E-state index contributed by atoms with van der Waals surface area (Å²) in [7, 11) is 0. The van der Waals surface area contributed by atoms with Gasteiger partial charge in [-0.2, -0.15) is 11.8 Å². The number of aliphatic hydroxyl groups is 2. The monoisotopic (exact) mass is 214 g/mol. The molecule has 14 heavy (non-hydrogen) atoms. The summed E-state index contributed by atoms with van der Waals surface area (Å²) in [6, 6.07) is 1.88. The molecule has 0 radical (unpaired) electrons. The molecule has 0 aliphatic rings. The van der Waals surface area contributed by atoms with Crippen molar-refractivity contribution in [2.45, 2.75) is 12.5 Å². The van der Waals surface area contributed by atoms with Crippen LogP contribution in [0.25, 0.3) is 0 Å². The lowest BCUT2D eigenvalue weighted by Gasteiger charge is -2.05. The molecule has 0 spiro atoms. The summed E-state index contributed by atoms with van der Waals surface area (Å²) in [5.74, 6) is 1.47. The third-order valence-corrected chi connectivity index (χ3v) is 2.78. The van der Waals surface area contributed by atoms with Crippen LogP contribution in [0.1, 0.15) is 5.69 Å². The Labute approximate surface area is 87.4 Å². The first-order valence-corrected chi connectivity index (χ1v) is 5.60. The van der Waals surface area contributed by atoms with E-state index in [-0.39, 0.29) is 6.61 Å². The van der Waals surface area contributed by atoms with Crippen LogP contribution in [-0.2, 0) is 6.42 Å². The Bertz CT molecular complexity index is 246. The van der Waals surface area contributed by atoms with E-state index < -0.39 is 6.10 Å². The van der Waals surface area contributed by atoms with E-state index in [1.54, 1.807) is 18.0 Å². The van der Waals surface area contributed by atoms with Crippen molar-refractivity contribution >= 4 is 11.8 Å². The number of aryl methyl sites for hydroxylation is 1. The van der Waals surface area contributed by atoms with E-state index in [9.17, 15) is 0 Å². The second-order valence-corrected chi connectivity index (χ2v) is 4.01. The van der Waals surface area contributed by atoms with Crippen LogP contribution in [0.4, 0.5) is 0 Å². The normalized spacial score (nSPS) is 12.7. The van der Waals surface area contributed by atoms with E-state index in [1.807, 2.05) is 6.07 Å². The highest BCUT2D eigenvalue weighted by molar-refractivity contribution is 7.99. The van der Waals surface area contributed by atoms with Gasteiger partial charge in [0, 0.05) is 17.6 Å². The molecule has 0 fully saturated rings. The van der Waals surface area contributed by atoms with Crippen LogP contribution < -0.4 is 0 Å². The third kappa shape index (κ3) is 4.55. The lowest BCUT2D eigenvalue weighted by Crippen LogP contribution is -2.15. The van der Waals surface area contributed by atoms with Crippen LogP contribution in [0, 0.1) is 0 Å². The number of nitrogens with zero attached hydrogens (tertiary/aromatic N) is 2. The Morgan fingerprint density at radius 1 is 1.50 bits per heavy atom. The van der Waals surface area contributed by atoms with Crippen molar-refractivity contribution in [1.82, 2.24) is 9.97 Å². The van der Waals surface area contributed by atoms with E-state index in [0.29, 0.717) is 5.75 Å². The predicted octanol–water partition coefficient (Wildman–Crippen LogP) is 0.106. The van der Waals surface area contributed by atoms with Crippen molar-refractivity contribution in [3.05, 3.63) is 24.3 Å². The lowest BCUT2D eigenvalue weighted by atomic mass is 10.3. The predicted molar refractivity (Wildman–Crippen MR) is 56.2 cm³/mol. The SMILES string of the molecule is OCC(O)CSCCc1ccncn1. The molecule has 0 amide bonds. The molecule has 78 valence electrons. The Morgan fingerprint density at radius 3 is 3.00 bits per heavy atom. The molecule has 2 N–H and O–H groups in total. The van der Waals surface area contributed by atoms with Gasteiger partial charge in [-0.3, -0.25) is 0 Å². The molecule has 0 aliphatic heterocycles. The smallest absolute Gasteiger partial charge is 0.115 e. The van der Waals surface area contributed by atoms with Gasteiger partial charge in [-0.15, -0.1) is 0 Å². The van der Waals surface area contributed by atoms with Crippen molar-refractivity contribution < 1.29 is 10.2 Å². The van der Waals surface area contributed by atoms with Gasteiger partial charge >= 0.3 is 0 Å². The highest BCUT2D eigenvalue weighted by Crippen LogP contribution is 2.05. The van der Waals surface area contributed by atoms with Gasteiger partial charge in [0.05, 0.1) is 12.7 Å². The van der Waals surface area contributed by atoms with Crippen molar-refractivity contribution in [3.63, 3.8) is 0 Å². The number of thioether (sulfide) groups is 1. The molecule has 0 aliphatic carbocycles. The molecule has 4 nitrogen and oxygen atoms in total. The van der Waals surface area contributed by atoms with Crippen molar-refractivity contribution in [3.8, 4) is 0 Å². The first-order valence-electron chi connectivity index (χ1n) is 4.44. The summed E-state index contributed by atoms with van der Waals surface area (Å²) in [5, 5.41) is 17.6. The van der Waals surface area contributed by atoms with Gasteiger partial charge in [0.1, 0.15) is 6.33 Å². The van der Waals surface area contributed by atoms with Gasteiger partial charge in [-0.05, 0) is 18.2 Å². The van der Waals surface area contributed by atoms with Gasteiger partial charge in [-0.25, -0.2) is 9.97 Å². The fraction of sp³-hybridized carbons (Fsp3) is 0.556. The van der Waals surface area contributed by atoms with Crippen molar-refractivity contribution in [2.24, 2.45) is 0 Å². The van der Waals surface area contributed by atoms with E-state index in [0.717, 1.165) is 17.9 Å². The van der Waals surface area contributed by atoms with Crippen molar-refractivity contribution in [2.75, 3.05) is 18.1 Å². The van der Waals surface area contributed by atoms with Gasteiger partial charge in [-0.1, -0.05) is 0 Å². The molecule has 1 atom stereocenters. The average Bonchev–Trinajstić information content (AvgIpc) is 2.25. The van der Waals surface area contributed by atoms with Crippen LogP contribution in [0.2, 0.25) is 0 Å². The largest absolute Gasteiger partial charge is 0.394 e. The van der Waals surface area contributed by atoms with Gasteiger partial charge in [0.2, 0.25) is 0 Å². The summed E-state index contributed by atoms with van der Waals surface area (Å²) in [6.07, 6.45) is 3.51. The Hall–Kier alpha value is -0.650.